The fourth-order valence-corrected chi connectivity index (χ4v) is 3.92. The van der Waals surface area contributed by atoms with Gasteiger partial charge in [-0.2, -0.15) is 0 Å². The molecular weight excluding hydrogens is 281 g/mol. The maximum Gasteiger partial charge on any atom is 0.331 e. The van der Waals surface area contributed by atoms with E-state index in [1.165, 1.54) is 0 Å². The van der Waals surface area contributed by atoms with Crippen molar-refractivity contribution in [3.63, 3.8) is 0 Å². The Hall–Kier alpha value is -0.0500. The number of isothiocyanates is 1. The van der Waals surface area contributed by atoms with Gasteiger partial charge in [0.1, 0.15) is 0 Å². The lowest BCUT2D eigenvalue weighted by atomic mass is 10.2. The maximum atomic E-state index is 12.5. The number of aliphatic imine (C=N–C) groups is 1. The number of thiocarbonyl (C=S) groups is 1. The van der Waals surface area contributed by atoms with E-state index in [2.05, 4.69) is 22.4 Å². The first-order chi connectivity index (χ1) is 8.89. The third kappa shape index (κ3) is 11.5. The fraction of sp³-hybridized carbons (Fsp3) is 0.923. The van der Waals surface area contributed by atoms with Gasteiger partial charge in [0.15, 0.2) is 0 Å². The molecule has 0 atom stereocenters. The summed E-state index contributed by atoms with van der Waals surface area (Å²) in [4.78, 5) is 3.86. The molecule has 0 aromatic carbocycles. The van der Waals surface area contributed by atoms with Gasteiger partial charge in [0.2, 0.25) is 0 Å². The molecule has 0 aromatic rings. The molecule has 19 heavy (non-hydrogen) atoms. The largest absolute Gasteiger partial charge is 0.331 e. The van der Waals surface area contributed by atoms with Crippen molar-refractivity contribution in [3.8, 4) is 0 Å². The molecule has 0 unspecified atom stereocenters. The second-order valence-electron chi connectivity index (χ2n) is 5.03. The second kappa shape index (κ2) is 10.7. The summed E-state index contributed by atoms with van der Waals surface area (Å²) in [6.45, 7) is 8.23. The van der Waals surface area contributed by atoms with E-state index < -0.39 is 7.60 Å². The number of unbranched alkanes of at least 4 members (excludes halogenated alkanes) is 3. The van der Waals surface area contributed by atoms with Gasteiger partial charge in [-0.1, -0.05) is 12.8 Å². The molecule has 112 valence electrons. The van der Waals surface area contributed by atoms with Gasteiger partial charge < -0.3 is 9.05 Å². The minimum Gasteiger partial charge on any atom is -0.306 e. The molecule has 0 aliphatic heterocycles. The Kier molecular flexibility index (Phi) is 10.7. The molecular formula is C13H26NO3PS. The number of nitrogens with zero attached hydrogens (tertiary/aromatic N) is 1. The van der Waals surface area contributed by atoms with Crippen LogP contribution in [0.3, 0.4) is 0 Å². The van der Waals surface area contributed by atoms with E-state index in [9.17, 15) is 4.57 Å². The zero-order valence-corrected chi connectivity index (χ0v) is 14.1. The predicted molar refractivity (Wildman–Crippen MR) is 83.3 cm³/mol. The molecule has 4 nitrogen and oxygen atoms in total. The molecule has 0 fully saturated rings. The summed E-state index contributed by atoms with van der Waals surface area (Å²) < 4.78 is 23.5. The third-order valence-electron chi connectivity index (χ3n) is 2.26. The van der Waals surface area contributed by atoms with Crippen LogP contribution in [-0.4, -0.2) is 30.1 Å². The summed E-state index contributed by atoms with van der Waals surface area (Å²) in [5, 5.41) is 2.35. The topological polar surface area (TPSA) is 47.9 Å². The lowest BCUT2D eigenvalue weighted by Crippen LogP contribution is -2.10. The summed E-state index contributed by atoms with van der Waals surface area (Å²) in [6, 6.07) is 0. The maximum absolute atomic E-state index is 12.5. The Morgan fingerprint density at radius 3 is 2.05 bits per heavy atom. The van der Waals surface area contributed by atoms with E-state index in [1.54, 1.807) is 0 Å². The van der Waals surface area contributed by atoms with Crippen LogP contribution in [0.15, 0.2) is 4.99 Å². The van der Waals surface area contributed by atoms with Crippen molar-refractivity contribution in [3.05, 3.63) is 0 Å². The van der Waals surface area contributed by atoms with E-state index >= 15 is 0 Å². The van der Waals surface area contributed by atoms with Crippen LogP contribution in [-0.2, 0) is 13.6 Å². The number of hydrogen-bond acceptors (Lipinski definition) is 5. The Balaban J connectivity index is 3.99. The van der Waals surface area contributed by atoms with Crippen molar-refractivity contribution in [2.45, 2.75) is 65.6 Å². The van der Waals surface area contributed by atoms with Gasteiger partial charge in [-0.15, -0.1) is 0 Å². The average molecular weight is 307 g/mol. The smallest absolute Gasteiger partial charge is 0.306 e. The van der Waals surface area contributed by atoms with Crippen LogP contribution in [0.5, 0.6) is 0 Å². The third-order valence-corrected chi connectivity index (χ3v) is 4.74. The SMILES string of the molecule is CC(C)OP(=O)(CCCCCCN=C=S)OC(C)C. The summed E-state index contributed by atoms with van der Waals surface area (Å²) >= 11 is 4.50. The van der Waals surface area contributed by atoms with Crippen LogP contribution in [0.1, 0.15) is 53.4 Å². The molecule has 0 heterocycles. The fourth-order valence-electron chi connectivity index (χ4n) is 1.67. The minimum atomic E-state index is -2.95. The highest BCUT2D eigenvalue weighted by Crippen LogP contribution is 2.51. The van der Waals surface area contributed by atoms with Crippen molar-refractivity contribution in [2.24, 2.45) is 4.99 Å². The van der Waals surface area contributed by atoms with E-state index in [4.69, 9.17) is 9.05 Å². The molecule has 0 aromatic heterocycles. The molecule has 0 aliphatic carbocycles. The summed E-state index contributed by atoms with van der Waals surface area (Å²) in [6.07, 6.45) is 4.20. The average Bonchev–Trinajstić information content (AvgIpc) is 2.25. The van der Waals surface area contributed by atoms with Crippen molar-refractivity contribution in [2.75, 3.05) is 12.7 Å². The highest BCUT2D eigenvalue weighted by molar-refractivity contribution is 7.78. The first-order valence-corrected chi connectivity index (χ1v) is 9.02. The number of rotatable bonds is 11. The first kappa shape index (κ1) is 18.9. The van der Waals surface area contributed by atoms with Crippen LogP contribution in [0, 0.1) is 0 Å². The van der Waals surface area contributed by atoms with Gasteiger partial charge >= 0.3 is 7.60 Å². The lowest BCUT2D eigenvalue weighted by Gasteiger charge is -2.22. The van der Waals surface area contributed by atoms with E-state index in [-0.39, 0.29) is 12.2 Å². The predicted octanol–water partition coefficient (Wildman–Crippen LogP) is 4.69. The Morgan fingerprint density at radius 2 is 1.58 bits per heavy atom. The molecule has 0 spiro atoms. The lowest BCUT2D eigenvalue weighted by molar-refractivity contribution is 0.142. The van der Waals surface area contributed by atoms with Gasteiger partial charge in [0, 0.05) is 6.54 Å². The van der Waals surface area contributed by atoms with Gasteiger partial charge in [-0.25, -0.2) is 4.99 Å². The first-order valence-electron chi connectivity index (χ1n) is 6.89. The molecule has 6 heteroatoms. The quantitative estimate of drug-likeness (QED) is 0.240. The second-order valence-corrected chi connectivity index (χ2v) is 7.30. The van der Waals surface area contributed by atoms with E-state index in [0.717, 1.165) is 32.2 Å². The van der Waals surface area contributed by atoms with Gasteiger partial charge in [-0.3, -0.25) is 4.57 Å². The van der Waals surface area contributed by atoms with Crippen molar-refractivity contribution >= 4 is 25.0 Å². The van der Waals surface area contributed by atoms with Crippen molar-refractivity contribution in [1.82, 2.24) is 0 Å². The zero-order valence-electron chi connectivity index (χ0n) is 12.4. The minimum absolute atomic E-state index is 0.0819. The molecule has 0 saturated heterocycles. The molecule has 0 saturated carbocycles. The van der Waals surface area contributed by atoms with E-state index in [0.29, 0.717) is 6.16 Å². The molecule has 0 rings (SSSR count). The normalized spacial score (nSPS) is 11.9. The molecule has 0 bridgehead atoms. The summed E-state index contributed by atoms with van der Waals surface area (Å²) in [5.74, 6) is 0. The molecule has 0 radical (unpaired) electrons. The summed E-state index contributed by atoms with van der Waals surface area (Å²) in [5.41, 5.74) is 0. The van der Waals surface area contributed by atoms with Gasteiger partial charge in [0.05, 0.1) is 23.5 Å². The van der Waals surface area contributed by atoms with Crippen LogP contribution in [0.4, 0.5) is 0 Å². The Bertz CT molecular complexity index is 314. The molecule has 0 aliphatic rings. The van der Waals surface area contributed by atoms with Crippen LogP contribution >= 0.6 is 19.8 Å². The Labute approximate surface area is 122 Å². The summed E-state index contributed by atoms with van der Waals surface area (Å²) in [7, 11) is -2.95. The van der Waals surface area contributed by atoms with Crippen molar-refractivity contribution in [1.29, 1.82) is 0 Å². The van der Waals surface area contributed by atoms with Crippen LogP contribution < -0.4 is 0 Å². The van der Waals surface area contributed by atoms with Gasteiger partial charge in [-0.05, 0) is 52.8 Å². The molecule has 0 N–H and O–H groups in total. The van der Waals surface area contributed by atoms with E-state index in [1.807, 2.05) is 27.7 Å². The van der Waals surface area contributed by atoms with Crippen molar-refractivity contribution < 1.29 is 13.6 Å². The highest BCUT2D eigenvalue weighted by atomic mass is 32.1. The van der Waals surface area contributed by atoms with Gasteiger partial charge in [0.25, 0.3) is 0 Å². The van der Waals surface area contributed by atoms with Crippen LogP contribution in [0.2, 0.25) is 0 Å². The molecule has 0 amide bonds. The zero-order chi connectivity index (χ0) is 14.7. The van der Waals surface area contributed by atoms with Crippen LogP contribution in [0.25, 0.3) is 0 Å². The standard InChI is InChI=1S/C13H26NO3PS/c1-12(2)16-18(15,17-13(3)4)10-8-6-5-7-9-14-11-19/h12-13H,5-10H2,1-4H3. The number of hydrogen-bond donors (Lipinski definition) is 0. The monoisotopic (exact) mass is 307 g/mol. The Morgan fingerprint density at radius 1 is 1.05 bits per heavy atom. The highest BCUT2D eigenvalue weighted by Gasteiger charge is 2.26.